The summed E-state index contributed by atoms with van der Waals surface area (Å²) in [7, 11) is -9.97. The number of esters is 4. The van der Waals surface area contributed by atoms with Gasteiger partial charge in [-0.15, -0.1) is 0 Å². The summed E-state index contributed by atoms with van der Waals surface area (Å²) in [5, 5.41) is 10.7. The van der Waals surface area contributed by atoms with E-state index in [-0.39, 0.29) is 25.7 Å². The molecule has 104 heavy (non-hydrogen) atoms. The number of carbonyl (C=O) groups excluding carboxylic acids is 4. The van der Waals surface area contributed by atoms with Crippen molar-refractivity contribution in [2.24, 2.45) is 0 Å². The van der Waals surface area contributed by atoms with E-state index in [0.717, 1.165) is 141 Å². The van der Waals surface area contributed by atoms with Crippen LogP contribution in [0.2, 0.25) is 0 Å². The molecule has 0 amide bonds. The van der Waals surface area contributed by atoms with E-state index in [0.29, 0.717) is 32.1 Å². The van der Waals surface area contributed by atoms with Gasteiger partial charge in [0.2, 0.25) is 0 Å². The van der Waals surface area contributed by atoms with Gasteiger partial charge in [-0.3, -0.25) is 37.3 Å². The Bertz CT molecular complexity index is 2350. The lowest BCUT2D eigenvalue weighted by Gasteiger charge is -2.21. The van der Waals surface area contributed by atoms with Gasteiger partial charge in [0.1, 0.15) is 19.3 Å². The van der Waals surface area contributed by atoms with Crippen molar-refractivity contribution in [3.63, 3.8) is 0 Å². The molecule has 17 nitrogen and oxygen atoms in total. The highest BCUT2D eigenvalue weighted by Crippen LogP contribution is 2.45. The van der Waals surface area contributed by atoms with Crippen LogP contribution in [0.4, 0.5) is 0 Å². The van der Waals surface area contributed by atoms with Crippen molar-refractivity contribution in [1.29, 1.82) is 0 Å². The largest absolute Gasteiger partial charge is 0.472 e. The van der Waals surface area contributed by atoms with Crippen LogP contribution in [0.15, 0.2) is 97.2 Å². The van der Waals surface area contributed by atoms with Crippen LogP contribution in [0.25, 0.3) is 0 Å². The van der Waals surface area contributed by atoms with E-state index in [1.807, 2.05) is 12.2 Å². The first-order chi connectivity index (χ1) is 50.7. The summed E-state index contributed by atoms with van der Waals surface area (Å²) in [6.45, 7) is 4.72. The number of hydrogen-bond acceptors (Lipinski definition) is 15. The summed E-state index contributed by atoms with van der Waals surface area (Å²) in [6.07, 6.45) is 82.4. The van der Waals surface area contributed by atoms with Crippen LogP contribution in [0.1, 0.15) is 362 Å². The van der Waals surface area contributed by atoms with Gasteiger partial charge in [-0.2, -0.15) is 0 Å². The second-order valence-corrected chi connectivity index (χ2v) is 30.6. The van der Waals surface area contributed by atoms with E-state index in [1.165, 1.54) is 135 Å². The number of phosphoric ester groups is 2. The number of rotatable bonds is 78. The van der Waals surface area contributed by atoms with E-state index in [4.69, 9.17) is 37.0 Å². The summed E-state index contributed by atoms with van der Waals surface area (Å²) in [6, 6.07) is 0. The molecule has 0 aromatic rings. The highest BCUT2D eigenvalue weighted by molar-refractivity contribution is 7.47. The fourth-order valence-electron chi connectivity index (χ4n) is 11.3. The molecule has 0 saturated heterocycles. The number of aliphatic hydroxyl groups excluding tert-OH is 1. The van der Waals surface area contributed by atoms with Crippen molar-refractivity contribution < 1.29 is 80.2 Å². The van der Waals surface area contributed by atoms with Crippen LogP contribution < -0.4 is 0 Å². The SMILES string of the molecule is CC/C=C\C/C=C\C/C=C\C/C=C\C/C=C\CCCC(=O)OCC(COP(=O)(O)OCC(O)COP(=O)(O)OCC(COC(=O)CCCCCCCC/C=C\C/C=C\C/C=C\CCCCC)OC(=O)CCCCCCCCCCCCCCC)OC(=O)CCCCCCCCCCCCCCCCC. The average Bonchev–Trinajstić information content (AvgIpc) is 0.939. The number of aliphatic hydroxyl groups is 1. The maximum absolute atomic E-state index is 13.1. The van der Waals surface area contributed by atoms with Gasteiger partial charge in [-0.05, 0) is 103 Å². The van der Waals surface area contributed by atoms with E-state index in [1.54, 1.807) is 0 Å². The second kappa shape index (κ2) is 77.1. The third kappa shape index (κ3) is 76.2. The first kappa shape index (κ1) is 100.0. The molecule has 0 spiro atoms. The second-order valence-electron chi connectivity index (χ2n) is 27.7. The van der Waals surface area contributed by atoms with Gasteiger partial charge in [-0.25, -0.2) is 9.13 Å². The zero-order valence-electron chi connectivity index (χ0n) is 65.9. The van der Waals surface area contributed by atoms with Crippen LogP contribution in [-0.2, 0) is 65.4 Å². The zero-order valence-corrected chi connectivity index (χ0v) is 67.7. The Labute approximate surface area is 633 Å². The van der Waals surface area contributed by atoms with Crippen molar-refractivity contribution >= 4 is 39.5 Å². The Kier molecular flexibility index (Phi) is 74.2. The molecule has 0 bridgehead atoms. The van der Waals surface area contributed by atoms with Crippen molar-refractivity contribution in [3.05, 3.63) is 97.2 Å². The molecule has 0 aliphatic heterocycles. The molecule has 5 unspecified atom stereocenters. The fourth-order valence-corrected chi connectivity index (χ4v) is 12.8. The van der Waals surface area contributed by atoms with Gasteiger partial charge in [0.25, 0.3) is 0 Å². The molecule has 0 rings (SSSR count). The van der Waals surface area contributed by atoms with Crippen LogP contribution in [0, 0.1) is 0 Å². The summed E-state index contributed by atoms with van der Waals surface area (Å²) in [5.41, 5.74) is 0. The quantitative estimate of drug-likeness (QED) is 0.0169. The van der Waals surface area contributed by atoms with Gasteiger partial charge < -0.3 is 33.8 Å². The average molecular weight is 1510 g/mol. The van der Waals surface area contributed by atoms with Crippen LogP contribution in [0.3, 0.4) is 0 Å². The number of unbranched alkanes of at least 4 members (excludes halogenated alkanes) is 36. The van der Waals surface area contributed by atoms with Crippen molar-refractivity contribution in [3.8, 4) is 0 Å². The highest BCUT2D eigenvalue weighted by atomic mass is 31.2. The Balaban J connectivity index is 5.37. The van der Waals surface area contributed by atoms with Crippen molar-refractivity contribution in [2.75, 3.05) is 39.6 Å². The Morgan fingerprint density at radius 1 is 0.279 bits per heavy atom. The van der Waals surface area contributed by atoms with Crippen LogP contribution >= 0.6 is 15.6 Å². The Hall–Kier alpha value is -4.02. The molecule has 0 fully saturated rings. The minimum Gasteiger partial charge on any atom is -0.462 e. The Morgan fingerprint density at radius 2 is 0.510 bits per heavy atom. The molecular weight excluding hydrogens is 1350 g/mol. The number of hydrogen-bond donors (Lipinski definition) is 3. The predicted molar refractivity (Wildman–Crippen MR) is 427 cm³/mol. The van der Waals surface area contributed by atoms with E-state index in [2.05, 4.69) is 113 Å². The smallest absolute Gasteiger partial charge is 0.462 e. The molecule has 0 aromatic heterocycles. The van der Waals surface area contributed by atoms with Crippen LogP contribution in [0.5, 0.6) is 0 Å². The first-order valence-electron chi connectivity index (χ1n) is 41.5. The molecule has 0 aliphatic rings. The summed E-state index contributed by atoms with van der Waals surface area (Å²) < 4.78 is 68.7. The van der Waals surface area contributed by atoms with Crippen molar-refractivity contribution in [2.45, 2.75) is 380 Å². The topological polar surface area (TPSA) is 237 Å². The van der Waals surface area contributed by atoms with Gasteiger partial charge in [0, 0.05) is 25.7 Å². The number of ether oxygens (including phenoxy) is 4. The molecule has 3 N–H and O–H groups in total. The lowest BCUT2D eigenvalue weighted by Crippen LogP contribution is -2.30. The minimum atomic E-state index is -4.99. The maximum Gasteiger partial charge on any atom is 0.472 e. The lowest BCUT2D eigenvalue weighted by atomic mass is 10.0. The van der Waals surface area contributed by atoms with Crippen molar-refractivity contribution in [1.82, 2.24) is 0 Å². The summed E-state index contributed by atoms with van der Waals surface area (Å²) >= 11 is 0. The molecule has 19 heteroatoms. The first-order valence-corrected chi connectivity index (χ1v) is 44.5. The molecule has 0 saturated carbocycles. The highest BCUT2D eigenvalue weighted by Gasteiger charge is 2.30. The molecule has 602 valence electrons. The minimum absolute atomic E-state index is 0.0855. The van der Waals surface area contributed by atoms with Gasteiger partial charge >= 0.3 is 39.5 Å². The van der Waals surface area contributed by atoms with Gasteiger partial charge in [0.15, 0.2) is 12.2 Å². The summed E-state index contributed by atoms with van der Waals surface area (Å²) in [5.74, 6) is -2.23. The molecular formula is C85H150O17P2. The molecule has 0 aliphatic carbocycles. The molecule has 0 heterocycles. The Morgan fingerprint density at radius 3 is 0.827 bits per heavy atom. The van der Waals surface area contributed by atoms with E-state index in [9.17, 15) is 43.2 Å². The number of phosphoric acid groups is 2. The molecule has 5 atom stereocenters. The third-order valence-electron chi connectivity index (χ3n) is 17.6. The van der Waals surface area contributed by atoms with Gasteiger partial charge in [-0.1, -0.05) is 330 Å². The van der Waals surface area contributed by atoms with Crippen LogP contribution in [-0.4, -0.2) is 96.7 Å². The van der Waals surface area contributed by atoms with E-state index >= 15 is 0 Å². The van der Waals surface area contributed by atoms with E-state index < -0.39 is 97.5 Å². The number of carbonyl (C=O) groups is 4. The summed E-state index contributed by atoms with van der Waals surface area (Å²) in [4.78, 5) is 73.1. The monoisotopic (exact) mass is 1510 g/mol. The lowest BCUT2D eigenvalue weighted by molar-refractivity contribution is -0.161. The number of allylic oxidation sites excluding steroid dienone is 16. The molecule has 0 radical (unpaired) electrons. The predicted octanol–water partition coefficient (Wildman–Crippen LogP) is 24.3. The fraction of sp³-hybridized carbons (Fsp3) is 0.765. The normalized spacial score (nSPS) is 14.3. The van der Waals surface area contributed by atoms with Gasteiger partial charge in [0.05, 0.1) is 26.4 Å². The standard InChI is InChI=1S/C85H150O17P2/c1-5-9-13-17-21-25-29-33-36-38-39-41-44-47-50-54-58-62-66-70-83(88)95-75-80(101-84(89)71-67-63-59-55-51-45-32-28-24-20-16-12-8-4)77-99-103(91,92)97-73-79(86)74-98-104(93,94)100-78-81(102-85(90)72-68-64-60-56-52-48-42-35-31-27-23-19-15-11-7-3)76-96-82(87)69-65-61-57-53-49-46-43-40-37-34-30-26-22-18-14-10-6-2/h10,14,21-22,25-26,33-34,36-37,39,41,43,46,53,57,79-81,86H,5-9,11-13,15-20,23-24,27-32,35,38,40,42,44-45,47-52,54-56,58-78H2,1-4H3,(H,91,92)(H,93,94)/b14-10-,25-21-,26-22-,36-33-,37-34-,41-39-,46-43-,57-53-. The maximum atomic E-state index is 13.1. The molecule has 0 aromatic carbocycles. The zero-order chi connectivity index (χ0) is 76.0. The third-order valence-corrected chi connectivity index (χ3v) is 19.5.